The maximum absolute atomic E-state index is 6.85. The fourth-order valence-corrected chi connectivity index (χ4v) is 2.85. The number of hydrogen-bond acceptors (Lipinski definition) is 1. The van der Waals surface area contributed by atoms with Gasteiger partial charge in [0.05, 0.1) is 0 Å². The van der Waals surface area contributed by atoms with Crippen molar-refractivity contribution in [2.45, 2.75) is 103 Å². The van der Waals surface area contributed by atoms with E-state index in [1.807, 2.05) is 0 Å². The molecule has 112 valence electrons. The summed E-state index contributed by atoms with van der Waals surface area (Å²) in [6.45, 7) is 6.80. The minimum absolute atomic E-state index is 0. The molecule has 0 radical (unpaired) electrons. The van der Waals surface area contributed by atoms with Gasteiger partial charge in [0.2, 0.25) is 0 Å². The quantitative estimate of drug-likeness (QED) is 0.307. The van der Waals surface area contributed by atoms with Crippen molar-refractivity contribution in [2.24, 2.45) is 0 Å². The lowest BCUT2D eigenvalue weighted by atomic mass is 9.89. The predicted octanol–water partition coefficient (Wildman–Crippen LogP) is 6.87. The van der Waals surface area contributed by atoms with Crippen molar-refractivity contribution >= 4 is 11.6 Å². The van der Waals surface area contributed by atoms with Crippen molar-refractivity contribution in [3.63, 3.8) is 0 Å². The highest BCUT2D eigenvalue weighted by Crippen LogP contribution is 2.34. The number of unbranched alkanes of at least 4 members (excludes halogenated alkanes) is 6. The first-order valence-corrected chi connectivity index (χ1v) is 8.25. The second kappa shape index (κ2) is 13.7. The third-order valence-corrected chi connectivity index (χ3v) is 4.25. The second-order valence-electron chi connectivity index (χ2n) is 5.52. The molecule has 0 bridgehead atoms. The van der Waals surface area contributed by atoms with Crippen LogP contribution in [0.1, 0.15) is 97.8 Å². The highest BCUT2D eigenvalue weighted by Gasteiger charge is 2.25. The molecule has 1 nitrogen and oxygen atoms in total. The van der Waals surface area contributed by atoms with Gasteiger partial charge in [0.1, 0.15) is 0 Å². The molecule has 0 aliphatic rings. The van der Waals surface area contributed by atoms with Crippen LogP contribution in [0.15, 0.2) is 0 Å². The summed E-state index contributed by atoms with van der Waals surface area (Å²) in [7, 11) is 0. The van der Waals surface area contributed by atoms with Crippen molar-refractivity contribution in [2.75, 3.05) is 0 Å². The van der Waals surface area contributed by atoms with E-state index in [1.54, 1.807) is 0 Å². The summed E-state index contributed by atoms with van der Waals surface area (Å²) in [6.07, 6.45) is 15.6. The van der Waals surface area contributed by atoms with E-state index in [1.165, 1.54) is 77.0 Å². The Morgan fingerprint density at radius 3 is 1.11 bits per heavy atom. The van der Waals surface area contributed by atoms with Crippen molar-refractivity contribution in [3.05, 3.63) is 0 Å². The molecule has 0 heterocycles. The third-order valence-electron chi connectivity index (χ3n) is 3.69. The minimum Gasteiger partial charge on any atom is -0.344 e. The van der Waals surface area contributed by atoms with Crippen LogP contribution in [0.25, 0.3) is 0 Å². The first kappa shape index (κ1) is 20.6. The number of hydrogen-bond donors (Lipinski definition) is 1. The zero-order chi connectivity index (χ0) is 13.0. The summed E-state index contributed by atoms with van der Waals surface area (Å²) in [5.41, 5.74) is 0. The van der Waals surface area contributed by atoms with Crippen LogP contribution in [0, 0.1) is 0 Å². The summed E-state index contributed by atoms with van der Waals surface area (Å²) in [6, 6.07) is 0. The fourth-order valence-electron chi connectivity index (χ4n) is 2.45. The maximum atomic E-state index is 6.85. The standard InChI is InChI=1S/C16H33Cl.H3N/c1-4-7-10-13-16(17,14-11-8-5-2)15-12-9-6-3;/h4-15H2,1-3H3;1H3. The molecule has 0 aliphatic carbocycles. The Balaban J connectivity index is 0. The lowest BCUT2D eigenvalue weighted by Gasteiger charge is -2.27. The molecule has 0 saturated heterocycles. The molecule has 0 rings (SSSR count). The lowest BCUT2D eigenvalue weighted by molar-refractivity contribution is 0.404. The smallest absolute Gasteiger partial charge is 0.0446 e. The van der Waals surface area contributed by atoms with E-state index in [0.717, 1.165) is 0 Å². The maximum Gasteiger partial charge on any atom is 0.0446 e. The van der Waals surface area contributed by atoms with Gasteiger partial charge in [-0.2, -0.15) is 0 Å². The van der Waals surface area contributed by atoms with Gasteiger partial charge >= 0.3 is 0 Å². The van der Waals surface area contributed by atoms with E-state index >= 15 is 0 Å². The van der Waals surface area contributed by atoms with Crippen LogP contribution in [0.5, 0.6) is 0 Å². The molecule has 0 aromatic heterocycles. The van der Waals surface area contributed by atoms with Gasteiger partial charge in [-0.1, -0.05) is 78.6 Å². The molecular formula is C16H36ClN. The second-order valence-corrected chi connectivity index (χ2v) is 6.32. The molecule has 3 N–H and O–H groups in total. The summed E-state index contributed by atoms with van der Waals surface area (Å²) in [4.78, 5) is 0.125. The molecule has 0 unspecified atom stereocenters. The van der Waals surface area contributed by atoms with E-state index in [2.05, 4.69) is 20.8 Å². The largest absolute Gasteiger partial charge is 0.344 e. The average molecular weight is 278 g/mol. The van der Waals surface area contributed by atoms with E-state index in [0.29, 0.717) is 0 Å². The van der Waals surface area contributed by atoms with Crippen LogP contribution in [0.2, 0.25) is 0 Å². The summed E-state index contributed by atoms with van der Waals surface area (Å²) >= 11 is 6.85. The van der Waals surface area contributed by atoms with Crippen molar-refractivity contribution < 1.29 is 0 Å². The van der Waals surface area contributed by atoms with Crippen LogP contribution >= 0.6 is 11.6 Å². The van der Waals surface area contributed by atoms with Crippen molar-refractivity contribution in [1.82, 2.24) is 6.15 Å². The van der Waals surface area contributed by atoms with Crippen LogP contribution < -0.4 is 6.15 Å². The van der Waals surface area contributed by atoms with E-state index in [-0.39, 0.29) is 11.0 Å². The van der Waals surface area contributed by atoms with Gasteiger partial charge in [-0.25, -0.2) is 0 Å². The highest BCUT2D eigenvalue weighted by atomic mass is 35.5. The molecule has 0 aromatic carbocycles. The topological polar surface area (TPSA) is 35.0 Å². The summed E-state index contributed by atoms with van der Waals surface area (Å²) in [5.74, 6) is 0. The molecule has 0 spiro atoms. The molecule has 0 aromatic rings. The first-order chi connectivity index (χ1) is 8.18. The van der Waals surface area contributed by atoms with Gasteiger partial charge < -0.3 is 6.15 Å². The number of alkyl halides is 1. The van der Waals surface area contributed by atoms with E-state index in [4.69, 9.17) is 11.6 Å². The monoisotopic (exact) mass is 277 g/mol. The lowest BCUT2D eigenvalue weighted by Crippen LogP contribution is -2.21. The van der Waals surface area contributed by atoms with E-state index < -0.39 is 0 Å². The van der Waals surface area contributed by atoms with Crippen molar-refractivity contribution in [3.8, 4) is 0 Å². The van der Waals surface area contributed by atoms with Gasteiger partial charge in [-0.05, 0) is 19.3 Å². The zero-order valence-corrected chi connectivity index (χ0v) is 13.8. The highest BCUT2D eigenvalue weighted by molar-refractivity contribution is 6.23. The van der Waals surface area contributed by atoms with Gasteiger partial charge in [0.15, 0.2) is 0 Å². The van der Waals surface area contributed by atoms with Gasteiger partial charge in [-0.3, -0.25) is 0 Å². The van der Waals surface area contributed by atoms with Gasteiger partial charge in [0, 0.05) is 4.87 Å². The molecular weight excluding hydrogens is 242 g/mol. The SMILES string of the molecule is CCCCCC(Cl)(CCCCC)CCCCC.N. The molecule has 0 amide bonds. The van der Waals surface area contributed by atoms with Crippen molar-refractivity contribution in [1.29, 1.82) is 0 Å². The van der Waals surface area contributed by atoms with Gasteiger partial charge in [-0.15, -0.1) is 11.6 Å². The van der Waals surface area contributed by atoms with E-state index in [9.17, 15) is 0 Å². The van der Waals surface area contributed by atoms with Crippen LogP contribution in [-0.4, -0.2) is 4.87 Å². The Labute approximate surface area is 121 Å². The first-order valence-electron chi connectivity index (χ1n) is 7.87. The minimum atomic E-state index is 0. The molecule has 2 heteroatoms. The van der Waals surface area contributed by atoms with Crippen LogP contribution in [0.4, 0.5) is 0 Å². The third kappa shape index (κ3) is 11.3. The Kier molecular flexibility index (Phi) is 15.6. The molecule has 0 aliphatic heterocycles. The predicted molar refractivity (Wildman–Crippen MR) is 86.0 cm³/mol. The summed E-state index contributed by atoms with van der Waals surface area (Å²) in [5, 5.41) is 0. The Morgan fingerprint density at radius 1 is 0.611 bits per heavy atom. The van der Waals surface area contributed by atoms with Crippen LogP contribution in [0.3, 0.4) is 0 Å². The molecule has 0 saturated carbocycles. The number of halogens is 1. The Morgan fingerprint density at radius 2 is 0.889 bits per heavy atom. The zero-order valence-electron chi connectivity index (χ0n) is 13.1. The van der Waals surface area contributed by atoms with Gasteiger partial charge in [0.25, 0.3) is 0 Å². The Bertz CT molecular complexity index is 133. The fraction of sp³-hybridized carbons (Fsp3) is 1.00. The number of rotatable bonds is 12. The molecule has 0 fully saturated rings. The van der Waals surface area contributed by atoms with Crippen LogP contribution in [-0.2, 0) is 0 Å². The molecule has 18 heavy (non-hydrogen) atoms. The summed E-state index contributed by atoms with van der Waals surface area (Å²) < 4.78 is 0. The normalized spacial score (nSPS) is 11.3. The molecule has 0 atom stereocenters. The Hall–Kier alpha value is 0.250. The average Bonchev–Trinajstić information content (AvgIpc) is 2.30.